The molecule has 0 unspecified atom stereocenters. The van der Waals surface area contributed by atoms with Crippen LogP contribution in [0.1, 0.15) is 22.3 Å². The Morgan fingerprint density at radius 3 is 1.67 bits per heavy atom. The first-order chi connectivity index (χ1) is 11.6. The van der Waals surface area contributed by atoms with Gasteiger partial charge in [0.25, 0.3) is 0 Å². The number of hydrogen-bond donors (Lipinski definition) is 0. The molecule has 3 aromatic rings. The Kier molecular flexibility index (Phi) is 3.78. The van der Waals surface area contributed by atoms with E-state index in [4.69, 9.17) is 0 Å². The predicted molar refractivity (Wildman–Crippen MR) is 107 cm³/mol. The van der Waals surface area contributed by atoms with Crippen LogP contribution in [-0.4, -0.2) is 0 Å². The summed E-state index contributed by atoms with van der Waals surface area (Å²) in [5.74, 6) is 0. The third-order valence-corrected chi connectivity index (χ3v) is 5.73. The molecule has 0 atom stereocenters. The number of nitrogens with zero attached hydrogens (tertiary/aromatic N) is 1. The van der Waals surface area contributed by atoms with E-state index in [1.807, 2.05) is 0 Å². The maximum atomic E-state index is 3.69. The lowest BCUT2D eigenvalue weighted by molar-refractivity contribution is 1.24. The molecular weight excluding hydrogens is 358 g/mol. The van der Waals surface area contributed by atoms with Gasteiger partial charge in [-0.05, 0) is 60.4 Å². The average molecular weight is 376 g/mol. The number of rotatable bonds is 1. The summed E-state index contributed by atoms with van der Waals surface area (Å²) >= 11 is 3.69. The number of anilines is 3. The summed E-state index contributed by atoms with van der Waals surface area (Å²) in [5.41, 5.74) is 8.56. The fourth-order valence-corrected chi connectivity index (χ4v) is 3.53. The Bertz CT molecular complexity index is 883. The molecule has 0 amide bonds. The van der Waals surface area contributed by atoms with Gasteiger partial charge in [0, 0.05) is 10.2 Å². The molecule has 0 bridgehead atoms. The minimum absolute atomic E-state index is 1.18. The molecule has 0 fully saturated rings. The van der Waals surface area contributed by atoms with Gasteiger partial charge in [-0.3, -0.25) is 0 Å². The number of fused-ring (bicyclic) bond motifs is 2. The van der Waals surface area contributed by atoms with Crippen LogP contribution in [0.15, 0.2) is 65.1 Å². The first-order valence-electron chi connectivity index (χ1n) is 8.08. The van der Waals surface area contributed by atoms with Crippen molar-refractivity contribution >= 4 is 45.1 Å². The molecule has 1 aliphatic rings. The van der Waals surface area contributed by atoms with Crippen LogP contribution in [0.25, 0.3) is 12.2 Å². The molecule has 4 rings (SSSR count). The summed E-state index contributed by atoms with van der Waals surface area (Å²) in [6.07, 6.45) is 4.40. The molecule has 0 radical (unpaired) electrons. The molecule has 24 heavy (non-hydrogen) atoms. The van der Waals surface area contributed by atoms with Gasteiger partial charge in [-0.25, -0.2) is 0 Å². The number of hydrogen-bond acceptors (Lipinski definition) is 1. The zero-order valence-electron chi connectivity index (χ0n) is 13.8. The fourth-order valence-electron chi connectivity index (χ4n) is 3.30. The lowest BCUT2D eigenvalue weighted by Gasteiger charge is -2.28. The van der Waals surface area contributed by atoms with E-state index in [0.29, 0.717) is 0 Å². The van der Waals surface area contributed by atoms with Crippen molar-refractivity contribution in [2.45, 2.75) is 13.8 Å². The second kappa shape index (κ2) is 5.95. The van der Waals surface area contributed by atoms with Crippen LogP contribution in [-0.2, 0) is 0 Å². The summed E-state index contributed by atoms with van der Waals surface area (Å²) in [5, 5.41) is 0. The van der Waals surface area contributed by atoms with E-state index in [9.17, 15) is 0 Å². The monoisotopic (exact) mass is 375 g/mol. The normalized spacial score (nSPS) is 12.5. The standard InChI is InChI=1S/C22H18BrN/c1-15-13-19(14-16(2)22(15)23)24-20-9-5-3-7-17(20)11-12-18-8-4-6-10-21(18)24/h3-14H,1-2H3. The van der Waals surface area contributed by atoms with Crippen LogP contribution in [0.5, 0.6) is 0 Å². The van der Waals surface area contributed by atoms with Crippen LogP contribution in [0.2, 0.25) is 0 Å². The van der Waals surface area contributed by atoms with E-state index in [-0.39, 0.29) is 0 Å². The maximum absolute atomic E-state index is 3.69. The smallest absolute Gasteiger partial charge is 0.0534 e. The molecular formula is C22H18BrN. The largest absolute Gasteiger partial charge is 0.309 e. The fraction of sp³-hybridized carbons (Fsp3) is 0.0909. The van der Waals surface area contributed by atoms with Gasteiger partial charge in [0.1, 0.15) is 0 Å². The van der Waals surface area contributed by atoms with Gasteiger partial charge in [-0.15, -0.1) is 0 Å². The summed E-state index contributed by atoms with van der Waals surface area (Å²) in [4.78, 5) is 2.36. The molecule has 0 aliphatic carbocycles. The third-order valence-electron chi connectivity index (χ3n) is 4.48. The maximum Gasteiger partial charge on any atom is 0.0534 e. The summed E-state index contributed by atoms with van der Waals surface area (Å²) in [7, 11) is 0. The molecule has 0 saturated carbocycles. The van der Waals surface area contributed by atoms with Gasteiger partial charge < -0.3 is 4.90 Å². The van der Waals surface area contributed by atoms with Crippen LogP contribution >= 0.6 is 15.9 Å². The van der Waals surface area contributed by atoms with Crippen molar-refractivity contribution in [1.82, 2.24) is 0 Å². The van der Waals surface area contributed by atoms with Crippen LogP contribution < -0.4 is 4.90 Å². The van der Waals surface area contributed by atoms with Crippen molar-refractivity contribution in [3.63, 3.8) is 0 Å². The van der Waals surface area contributed by atoms with Crippen molar-refractivity contribution in [1.29, 1.82) is 0 Å². The molecule has 0 saturated heterocycles. The zero-order valence-corrected chi connectivity index (χ0v) is 15.3. The van der Waals surface area contributed by atoms with Gasteiger partial charge in [-0.2, -0.15) is 0 Å². The highest BCUT2D eigenvalue weighted by atomic mass is 79.9. The predicted octanol–water partition coefficient (Wildman–Crippen LogP) is 7.02. The Labute approximate surface area is 151 Å². The minimum Gasteiger partial charge on any atom is -0.309 e. The molecule has 1 heterocycles. The highest BCUT2D eigenvalue weighted by Gasteiger charge is 2.20. The Balaban J connectivity index is 2.02. The van der Waals surface area contributed by atoms with Crippen molar-refractivity contribution in [3.05, 3.63) is 87.4 Å². The number of benzene rings is 3. The average Bonchev–Trinajstić information content (AvgIpc) is 2.76. The summed E-state index contributed by atoms with van der Waals surface area (Å²) in [6, 6.07) is 21.6. The minimum atomic E-state index is 1.18. The highest BCUT2D eigenvalue weighted by molar-refractivity contribution is 9.10. The SMILES string of the molecule is Cc1cc(N2c3ccccc3C=Cc3ccccc32)cc(C)c1Br. The van der Waals surface area contributed by atoms with E-state index >= 15 is 0 Å². The number of aryl methyl sites for hydroxylation is 2. The molecule has 0 aromatic heterocycles. The van der Waals surface area contributed by atoms with E-state index in [2.05, 4.69) is 107 Å². The van der Waals surface area contributed by atoms with Gasteiger partial charge in [-0.1, -0.05) is 64.5 Å². The van der Waals surface area contributed by atoms with Crippen LogP contribution in [0.4, 0.5) is 17.1 Å². The van der Waals surface area contributed by atoms with Gasteiger partial charge >= 0.3 is 0 Å². The van der Waals surface area contributed by atoms with Gasteiger partial charge in [0.2, 0.25) is 0 Å². The second-order valence-corrected chi connectivity index (χ2v) is 6.97. The van der Waals surface area contributed by atoms with Crippen molar-refractivity contribution in [2.24, 2.45) is 0 Å². The molecule has 1 aliphatic heterocycles. The van der Waals surface area contributed by atoms with Crippen molar-refractivity contribution in [2.75, 3.05) is 4.90 Å². The lowest BCUT2D eigenvalue weighted by Crippen LogP contribution is -2.12. The topological polar surface area (TPSA) is 3.24 Å². The molecule has 118 valence electrons. The van der Waals surface area contributed by atoms with E-state index < -0.39 is 0 Å². The lowest BCUT2D eigenvalue weighted by atomic mass is 10.1. The molecule has 0 N–H and O–H groups in total. The van der Waals surface area contributed by atoms with Gasteiger partial charge in [0.15, 0.2) is 0 Å². The summed E-state index contributed by atoms with van der Waals surface area (Å²) in [6.45, 7) is 4.29. The number of para-hydroxylation sites is 2. The first kappa shape index (κ1) is 15.2. The Hall–Kier alpha value is -2.32. The highest BCUT2D eigenvalue weighted by Crippen LogP contribution is 2.42. The third kappa shape index (κ3) is 2.47. The van der Waals surface area contributed by atoms with Gasteiger partial charge in [0.05, 0.1) is 11.4 Å². The second-order valence-electron chi connectivity index (χ2n) is 6.18. The molecule has 0 spiro atoms. The quantitative estimate of drug-likeness (QED) is 0.345. The summed E-state index contributed by atoms with van der Waals surface area (Å²) < 4.78 is 1.18. The van der Waals surface area contributed by atoms with E-state index in [1.54, 1.807) is 0 Å². The molecule has 3 aromatic carbocycles. The van der Waals surface area contributed by atoms with E-state index in [0.717, 1.165) is 0 Å². The number of halogens is 1. The Morgan fingerprint density at radius 2 is 1.17 bits per heavy atom. The van der Waals surface area contributed by atoms with Crippen molar-refractivity contribution in [3.8, 4) is 0 Å². The van der Waals surface area contributed by atoms with Crippen LogP contribution in [0.3, 0.4) is 0 Å². The first-order valence-corrected chi connectivity index (χ1v) is 8.87. The molecule has 1 nitrogen and oxygen atoms in total. The van der Waals surface area contributed by atoms with Crippen molar-refractivity contribution < 1.29 is 0 Å². The van der Waals surface area contributed by atoms with E-state index in [1.165, 1.54) is 43.8 Å². The Morgan fingerprint density at radius 1 is 0.708 bits per heavy atom. The molecule has 2 heteroatoms. The van der Waals surface area contributed by atoms with Crippen LogP contribution in [0, 0.1) is 13.8 Å². The zero-order chi connectivity index (χ0) is 16.7.